The first kappa shape index (κ1) is 17.4. The Morgan fingerprint density at radius 2 is 1.88 bits per heavy atom. The minimum absolute atomic E-state index is 0.103. The molecule has 7 nitrogen and oxygen atoms in total. The molecule has 1 saturated heterocycles. The van der Waals surface area contributed by atoms with E-state index < -0.39 is 10.0 Å². The summed E-state index contributed by atoms with van der Waals surface area (Å²) in [5, 5.41) is 3.23. The second-order valence-electron chi connectivity index (χ2n) is 5.93. The van der Waals surface area contributed by atoms with Crippen LogP contribution in [-0.4, -0.2) is 50.4 Å². The molecule has 0 aliphatic carbocycles. The van der Waals surface area contributed by atoms with Gasteiger partial charge in [0.1, 0.15) is 0 Å². The molecule has 1 aliphatic rings. The Morgan fingerprint density at radius 1 is 1.20 bits per heavy atom. The van der Waals surface area contributed by atoms with Gasteiger partial charge < -0.3 is 10.2 Å². The van der Waals surface area contributed by atoms with Crippen molar-refractivity contribution in [3.63, 3.8) is 0 Å². The Labute approximate surface area is 147 Å². The van der Waals surface area contributed by atoms with Crippen molar-refractivity contribution in [2.24, 2.45) is 0 Å². The van der Waals surface area contributed by atoms with Crippen LogP contribution in [0.25, 0.3) is 0 Å². The van der Waals surface area contributed by atoms with Crippen molar-refractivity contribution in [2.75, 3.05) is 24.9 Å². The van der Waals surface area contributed by atoms with Crippen LogP contribution in [0.3, 0.4) is 0 Å². The molecule has 0 radical (unpaired) electrons. The molecule has 3 rings (SSSR count). The first-order valence-corrected chi connectivity index (χ1v) is 9.46. The summed E-state index contributed by atoms with van der Waals surface area (Å²) in [5.74, 6) is -0.111. The largest absolute Gasteiger partial charge is 0.337 e. The second-order valence-corrected chi connectivity index (χ2v) is 7.61. The minimum Gasteiger partial charge on any atom is -0.337 e. The van der Waals surface area contributed by atoms with Crippen LogP contribution in [0, 0.1) is 0 Å². The van der Waals surface area contributed by atoms with Crippen molar-refractivity contribution in [3.8, 4) is 0 Å². The van der Waals surface area contributed by atoms with Gasteiger partial charge in [-0.05, 0) is 49.4 Å². The number of carbonyl (C=O) groups excluding carboxylic acids is 1. The average Bonchev–Trinajstić information content (AvgIpc) is 3.16. The smallest absolute Gasteiger partial charge is 0.261 e. The maximum atomic E-state index is 12.5. The second kappa shape index (κ2) is 7.20. The fourth-order valence-electron chi connectivity index (χ4n) is 2.75. The molecule has 2 heterocycles. The molecule has 1 unspecified atom stereocenters. The van der Waals surface area contributed by atoms with Crippen LogP contribution in [0.4, 0.5) is 5.69 Å². The first-order chi connectivity index (χ1) is 12.0. The third-order valence-corrected chi connectivity index (χ3v) is 5.64. The zero-order valence-corrected chi connectivity index (χ0v) is 14.7. The van der Waals surface area contributed by atoms with Gasteiger partial charge in [0.25, 0.3) is 15.9 Å². The number of rotatable bonds is 5. The first-order valence-electron chi connectivity index (χ1n) is 7.98. The van der Waals surface area contributed by atoms with E-state index >= 15 is 0 Å². The van der Waals surface area contributed by atoms with Crippen LogP contribution in [0.5, 0.6) is 0 Å². The van der Waals surface area contributed by atoms with Crippen molar-refractivity contribution >= 4 is 21.6 Å². The standard InChI is InChI=1S/C17H20N4O3S/c1-21(15-8-11-19-12-15)17(22)13-2-4-16(5-3-13)25(23,24)20-14-6-9-18-10-7-14/h2-7,9-10,15,19H,8,11-12H2,1H3,(H,18,20). The molecule has 0 spiro atoms. The quantitative estimate of drug-likeness (QED) is 0.839. The monoisotopic (exact) mass is 360 g/mol. The zero-order valence-electron chi connectivity index (χ0n) is 13.8. The number of amides is 1. The van der Waals surface area contributed by atoms with Gasteiger partial charge in [-0.25, -0.2) is 8.42 Å². The van der Waals surface area contributed by atoms with Gasteiger partial charge in [-0.15, -0.1) is 0 Å². The van der Waals surface area contributed by atoms with E-state index in [1.165, 1.54) is 24.5 Å². The molecule has 0 saturated carbocycles. The predicted molar refractivity (Wildman–Crippen MR) is 94.9 cm³/mol. The summed E-state index contributed by atoms with van der Waals surface area (Å²) < 4.78 is 27.3. The molecule has 2 N–H and O–H groups in total. The molecule has 2 aromatic rings. The van der Waals surface area contributed by atoms with Crippen LogP contribution in [0.2, 0.25) is 0 Å². The number of sulfonamides is 1. The van der Waals surface area contributed by atoms with Gasteiger partial charge in [-0.1, -0.05) is 0 Å². The molecule has 8 heteroatoms. The molecule has 132 valence electrons. The Balaban J connectivity index is 1.74. The molecule has 1 aromatic heterocycles. The molecule has 25 heavy (non-hydrogen) atoms. The van der Waals surface area contributed by atoms with Gasteiger partial charge in [0.05, 0.1) is 10.6 Å². The Morgan fingerprint density at radius 3 is 2.48 bits per heavy atom. The number of nitrogens with zero attached hydrogens (tertiary/aromatic N) is 2. The highest BCUT2D eigenvalue weighted by Crippen LogP contribution is 2.17. The summed E-state index contributed by atoms with van der Waals surface area (Å²) >= 11 is 0. The number of hydrogen-bond donors (Lipinski definition) is 2. The zero-order chi connectivity index (χ0) is 17.9. The van der Waals surface area contributed by atoms with Crippen molar-refractivity contribution in [3.05, 3.63) is 54.4 Å². The van der Waals surface area contributed by atoms with Gasteiger partial charge in [0.2, 0.25) is 0 Å². The molecule has 1 amide bonds. The van der Waals surface area contributed by atoms with E-state index in [0.29, 0.717) is 11.3 Å². The molecule has 1 atom stereocenters. The summed E-state index contributed by atoms with van der Waals surface area (Å²) in [6.45, 7) is 1.69. The number of hydrogen-bond acceptors (Lipinski definition) is 5. The lowest BCUT2D eigenvalue weighted by Crippen LogP contribution is -2.38. The fraction of sp³-hybridized carbons (Fsp3) is 0.294. The normalized spacial score (nSPS) is 17.2. The van der Waals surface area contributed by atoms with E-state index in [0.717, 1.165) is 19.5 Å². The third-order valence-electron chi connectivity index (χ3n) is 4.25. The van der Waals surface area contributed by atoms with Crippen LogP contribution < -0.4 is 10.0 Å². The number of anilines is 1. The maximum Gasteiger partial charge on any atom is 0.261 e. The lowest BCUT2D eigenvalue weighted by atomic mass is 10.1. The van der Waals surface area contributed by atoms with Crippen LogP contribution in [-0.2, 0) is 10.0 Å². The van der Waals surface area contributed by atoms with E-state index in [1.807, 2.05) is 0 Å². The van der Waals surface area contributed by atoms with Crippen LogP contribution in [0.1, 0.15) is 16.8 Å². The van der Waals surface area contributed by atoms with E-state index in [9.17, 15) is 13.2 Å². The van der Waals surface area contributed by atoms with Crippen LogP contribution >= 0.6 is 0 Å². The number of likely N-dealkylation sites (N-methyl/N-ethyl adjacent to an activating group) is 1. The van der Waals surface area contributed by atoms with E-state index in [2.05, 4.69) is 15.0 Å². The Hall–Kier alpha value is -2.45. The minimum atomic E-state index is -3.70. The van der Waals surface area contributed by atoms with Gasteiger partial charge in [0, 0.05) is 37.6 Å². The van der Waals surface area contributed by atoms with Crippen molar-refractivity contribution in [2.45, 2.75) is 17.4 Å². The third kappa shape index (κ3) is 3.97. The van der Waals surface area contributed by atoms with Gasteiger partial charge in [-0.2, -0.15) is 0 Å². The highest BCUT2D eigenvalue weighted by molar-refractivity contribution is 7.92. The van der Waals surface area contributed by atoms with Crippen molar-refractivity contribution in [1.82, 2.24) is 15.2 Å². The topological polar surface area (TPSA) is 91.4 Å². The summed E-state index contributed by atoms with van der Waals surface area (Å²) in [4.78, 5) is 18.2. The number of nitrogens with one attached hydrogen (secondary N) is 2. The van der Waals surface area contributed by atoms with Crippen molar-refractivity contribution in [1.29, 1.82) is 0 Å². The van der Waals surface area contributed by atoms with Gasteiger partial charge in [-0.3, -0.25) is 14.5 Å². The maximum absolute atomic E-state index is 12.5. The summed E-state index contributed by atoms with van der Waals surface area (Å²) in [6.07, 6.45) is 3.94. The Kier molecular flexibility index (Phi) is 5.00. The van der Waals surface area contributed by atoms with E-state index in [-0.39, 0.29) is 16.8 Å². The Bertz CT molecular complexity index is 832. The van der Waals surface area contributed by atoms with Crippen LogP contribution in [0.15, 0.2) is 53.7 Å². The van der Waals surface area contributed by atoms with Gasteiger partial charge >= 0.3 is 0 Å². The number of aromatic nitrogens is 1. The molecule has 1 aromatic carbocycles. The van der Waals surface area contributed by atoms with Gasteiger partial charge in [0.15, 0.2) is 0 Å². The van der Waals surface area contributed by atoms with Crippen molar-refractivity contribution < 1.29 is 13.2 Å². The summed E-state index contributed by atoms with van der Waals surface area (Å²) in [6, 6.07) is 9.28. The molecule has 1 aliphatic heterocycles. The highest BCUT2D eigenvalue weighted by Gasteiger charge is 2.24. The molecular formula is C17H20N4O3S. The predicted octanol–water partition coefficient (Wildman–Crippen LogP) is 1.32. The summed E-state index contributed by atoms with van der Waals surface area (Å²) in [5.41, 5.74) is 0.904. The molecular weight excluding hydrogens is 340 g/mol. The number of benzene rings is 1. The lowest BCUT2D eigenvalue weighted by Gasteiger charge is -2.23. The number of pyridine rings is 1. The summed E-state index contributed by atoms with van der Waals surface area (Å²) in [7, 11) is -1.93. The molecule has 0 bridgehead atoms. The lowest BCUT2D eigenvalue weighted by molar-refractivity contribution is 0.0743. The fourth-order valence-corrected chi connectivity index (χ4v) is 3.81. The highest BCUT2D eigenvalue weighted by atomic mass is 32.2. The van der Waals surface area contributed by atoms with E-state index in [1.54, 1.807) is 36.2 Å². The molecule has 1 fully saturated rings. The average molecular weight is 360 g/mol. The number of carbonyl (C=O) groups is 1. The van der Waals surface area contributed by atoms with E-state index in [4.69, 9.17) is 0 Å². The SMILES string of the molecule is CN(C(=O)c1ccc(S(=O)(=O)Nc2ccncc2)cc1)C1CCNC1.